The van der Waals surface area contributed by atoms with Gasteiger partial charge in [0, 0.05) is 22.3 Å². The van der Waals surface area contributed by atoms with E-state index in [1.807, 2.05) is 0 Å². The van der Waals surface area contributed by atoms with Crippen molar-refractivity contribution in [1.82, 2.24) is 5.32 Å². The number of amides is 2. The highest BCUT2D eigenvalue weighted by Gasteiger charge is 2.14. The molecule has 0 saturated carbocycles. The Labute approximate surface area is 160 Å². The van der Waals surface area contributed by atoms with Crippen LogP contribution < -0.4 is 15.8 Å². The molecule has 0 saturated heterocycles. The first-order valence-corrected chi connectivity index (χ1v) is 9.62. The highest BCUT2D eigenvalue weighted by atomic mass is 35.5. The molecule has 2 aromatic carbocycles. The molecule has 0 heterocycles. The number of benzene rings is 2. The maximum absolute atomic E-state index is 11.8. The molecule has 0 fully saturated rings. The van der Waals surface area contributed by atoms with E-state index in [0.717, 1.165) is 5.56 Å². The molecule has 0 radical (unpaired) electrons. The Hall–Kier alpha value is -2.13. The van der Waals surface area contributed by atoms with E-state index in [1.54, 1.807) is 12.1 Å². The van der Waals surface area contributed by atoms with Crippen molar-refractivity contribution in [2.24, 2.45) is 5.14 Å². The summed E-state index contributed by atoms with van der Waals surface area (Å²) in [6, 6.07) is 10.3. The molecule has 10 heteroatoms. The number of carbonyl (C=O) groups is 2. The van der Waals surface area contributed by atoms with Crippen LogP contribution in [0.4, 0.5) is 5.69 Å². The van der Waals surface area contributed by atoms with E-state index in [0.29, 0.717) is 22.2 Å². The maximum atomic E-state index is 11.8. The Bertz CT molecular complexity index is 911. The predicted molar refractivity (Wildman–Crippen MR) is 99.6 cm³/mol. The summed E-state index contributed by atoms with van der Waals surface area (Å²) in [5, 5.41) is 10.5. The van der Waals surface area contributed by atoms with Crippen LogP contribution in [-0.4, -0.2) is 26.8 Å². The monoisotopic (exact) mass is 415 g/mol. The van der Waals surface area contributed by atoms with Gasteiger partial charge in [0.25, 0.3) is 0 Å². The van der Waals surface area contributed by atoms with Gasteiger partial charge in [0.15, 0.2) is 0 Å². The molecular weight excluding hydrogens is 401 g/mol. The van der Waals surface area contributed by atoms with Crippen LogP contribution in [0.2, 0.25) is 10.0 Å². The van der Waals surface area contributed by atoms with E-state index in [9.17, 15) is 18.0 Å². The van der Waals surface area contributed by atoms with Gasteiger partial charge in [-0.1, -0.05) is 35.3 Å². The number of halogens is 2. The molecule has 0 aliphatic rings. The zero-order chi connectivity index (χ0) is 19.3. The lowest BCUT2D eigenvalue weighted by Gasteiger charge is -2.08. The molecule has 4 N–H and O–H groups in total. The first-order valence-electron chi connectivity index (χ1n) is 7.32. The highest BCUT2D eigenvalue weighted by molar-refractivity contribution is 7.89. The lowest BCUT2D eigenvalue weighted by molar-refractivity contribution is -0.136. The van der Waals surface area contributed by atoms with Gasteiger partial charge in [0.05, 0.1) is 4.90 Å². The van der Waals surface area contributed by atoms with Gasteiger partial charge in [-0.15, -0.1) is 0 Å². The van der Waals surface area contributed by atoms with Gasteiger partial charge in [-0.25, -0.2) is 13.6 Å². The molecule has 0 unspecified atom stereocenters. The molecule has 0 spiro atoms. The van der Waals surface area contributed by atoms with Crippen LogP contribution in [0.3, 0.4) is 0 Å². The Morgan fingerprint density at radius 2 is 1.54 bits per heavy atom. The van der Waals surface area contributed by atoms with Crippen molar-refractivity contribution in [2.45, 2.75) is 11.3 Å². The number of hydrogen-bond acceptors (Lipinski definition) is 4. The van der Waals surface area contributed by atoms with Gasteiger partial charge in [0.2, 0.25) is 10.0 Å². The van der Waals surface area contributed by atoms with E-state index in [4.69, 9.17) is 28.3 Å². The minimum Gasteiger partial charge on any atom is -0.347 e. The lowest BCUT2D eigenvalue weighted by atomic mass is 10.1. The molecule has 0 aromatic heterocycles. The van der Waals surface area contributed by atoms with E-state index < -0.39 is 21.8 Å². The van der Waals surface area contributed by atoms with E-state index in [-0.39, 0.29) is 11.4 Å². The van der Waals surface area contributed by atoms with Crippen LogP contribution in [0.15, 0.2) is 47.4 Å². The van der Waals surface area contributed by atoms with Gasteiger partial charge in [-0.05, 0) is 42.3 Å². The minimum atomic E-state index is -3.74. The molecule has 7 nitrogen and oxygen atoms in total. The number of primary sulfonamides is 1. The molecule has 0 atom stereocenters. The predicted octanol–water partition coefficient (Wildman–Crippen LogP) is 1.94. The number of nitrogens with one attached hydrogen (secondary N) is 2. The van der Waals surface area contributed by atoms with Crippen LogP contribution in [0.1, 0.15) is 5.56 Å². The molecule has 0 bridgehead atoms. The average molecular weight is 416 g/mol. The highest BCUT2D eigenvalue weighted by Crippen LogP contribution is 2.22. The third kappa shape index (κ3) is 5.99. The van der Waals surface area contributed by atoms with Crippen molar-refractivity contribution in [3.8, 4) is 0 Å². The summed E-state index contributed by atoms with van der Waals surface area (Å²) in [6.07, 6.45) is 0.410. The molecule has 2 aromatic rings. The van der Waals surface area contributed by atoms with Crippen molar-refractivity contribution in [3.63, 3.8) is 0 Å². The van der Waals surface area contributed by atoms with Crippen molar-refractivity contribution in [1.29, 1.82) is 0 Å². The van der Waals surface area contributed by atoms with Crippen LogP contribution in [0.25, 0.3) is 0 Å². The molecule has 0 aliphatic heterocycles. The zero-order valence-electron chi connectivity index (χ0n) is 13.3. The van der Waals surface area contributed by atoms with Crippen LogP contribution in [0.5, 0.6) is 0 Å². The van der Waals surface area contributed by atoms with Crippen molar-refractivity contribution >= 4 is 50.7 Å². The number of hydrogen-bond donors (Lipinski definition) is 3. The average Bonchev–Trinajstić information content (AvgIpc) is 2.53. The molecule has 2 amide bonds. The first-order chi connectivity index (χ1) is 12.1. The Morgan fingerprint density at radius 3 is 2.08 bits per heavy atom. The standard InChI is InChI=1S/C16H15Cl2N3O4S/c17-11-7-12(18)9-13(8-11)21-16(23)15(22)20-6-5-10-1-3-14(4-2-10)26(19,24)25/h1-4,7-9H,5-6H2,(H,20,22)(H,21,23)(H2,19,24,25). The van der Waals surface area contributed by atoms with Crippen LogP contribution >= 0.6 is 23.2 Å². The van der Waals surface area contributed by atoms with E-state index in [1.165, 1.54) is 30.3 Å². The molecule has 26 heavy (non-hydrogen) atoms. The van der Waals surface area contributed by atoms with Gasteiger partial charge < -0.3 is 10.6 Å². The summed E-state index contributed by atoms with van der Waals surface area (Å²) in [4.78, 5) is 23.7. The third-order valence-corrected chi connectivity index (χ3v) is 4.64. The van der Waals surface area contributed by atoms with Gasteiger partial charge in [-0.3, -0.25) is 9.59 Å². The maximum Gasteiger partial charge on any atom is 0.313 e. The number of carbonyl (C=O) groups excluding carboxylic acids is 2. The molecular formula is C16H15Cl2N3O4S. The van der Waals surface area contributed by atoms with Crippen LogP contribution in [0, 0.1) is 0 Å². The fourth-order valence-electron chi connectivity index (χ4n) is 2.06. The topological polar surface area (TPSA) is 118 Å². The number of nitrogens with two attached hydrogens (primary N) is 1. The fraction of sp³-hybridized carbons (Fsp3) is 0.125. The SMILES string of the molecule is NS(=O)(=O)c1ccc(CCNC(=O)C(=O)Nc2cc(Cl)cc(Cl)c2)cc1. The summed E-state index contributed by atoms with van der Waals surface area (Å²) in [6.45, 7) is 0.192. The summed E-state index contributed by atoms with van der Waals surface area (Å²) in [5.74, 6) is -1.67. The summed E-state index contributed by atoms with van der Waals surface area (Å²) in [5.41, 5.74) is 1.08. The molecule has 138 valence electrons. The second kappa shape index (κ2) is 8.50. The summed E-state index contributed by atoms with van der Waals surface area (Å²) >= 11 is 11.6. The zero-order valence-corrected chi connectivity index (χ0v) is 15.7. The Kier molecular flexibility index (Phi) is 6.60. The Morgan fingerprint density at radius 1 is 0.962 bits per heavy atom. The summed E-state index contributed by atoms with van der Waals surface area (Å²) < 4.78 is 22.3. The largest absolute Gasteiger partial charge is 0.347 e. The van der Waals surface area contributed by atoms with Gasteiger partial charge in [-0.2, -0.15) is 0 Å². The van der Waals surface area contributed by atoms with Gasteiger partial charge in [0.1, 0.15) is 0 Å². The first kappa shape index (κ1) is 20.2. The molecule has 2 rings (SSSR count). The van der Waals surface area contributed by atoms with Crippen molar-refractivity contribution in [2.75, 3.05) is 11.9 Å². The molecule has 0 aliphatic carbocycles. The Balaban J connectivity index is 1.85. The number of anilines is 1. The normalized spacial score (nSPS) is 11.0. The van der Waals surface area contributed by atoms with E-state index in [2.05, 4.69) is 10.6 Å². The van der Waals surface area contributed by atoms with Crippen LogP contribution in [-0.2, 0) is 26.0 Å². The number of sulfonamides is 1. The number of rotatable bonds is 5. The summed E-state index contributed by atoms with van der Waals surface area (Å²) in [7, 11) is -3.74. The van der Waals surface area contributed by atoms with E-state index >= 15 is 0 Å². The van der Waals surface area contributed by atoms with Crippen molar-refractivity contribution in [3.05, 3.63) is 58.1 Å². The third-order valence-electron chi connectivity index (χ3n) is 3.28. The van der Waals surface area contributed by atoms with Gasteiger partial charge >= 0.3 is 11.8 Å². The fourth-order valence-corrected chi connectivity index (χ4v) is 3.10. The second-order valence-electron chi connectivity index (χ2n) is 5.31. The second-order valence-corrected chi connectivity index (χ2v) is 7.74. The smallest absolute Gasteiger partial charge is 0.313 e. The van der Waals surface area contributed by atoms with Crippen molar-refractivity contribution < 1.29 is 18.0 Å². The minimum absolute atomic E-state index is 0.00449. The lowest BCUT2D eigenvalue weighted by Crippen LogP contribution is -2.36. The quantitative estimate of drug-likeness (QED) is 0.646.